The maximum atomic E-state index is 14.0. The van der Waals surface area contributed by atoms with E-state index in [0.29, 0.717) is 33.8 Å². The minimum absolute atomic E-state index is 0.259. The van der Waals surface area contributed by atoms with Crippen LogP contribution in [-0.2, 0) is 5.75 Å². The van der Waals surface area contributed by atoms with Gasteiger partial charge in [0, 0.05) is 27.0 Å². The number of benzene rings is 3. The fourth-order valence-electron chi connectivity index (χ4n) is 3.46. The molecule has 0 spiro atoms. The van der Waals surface area contributed by atoms with Crippen LogP contribution in [0.25, 0.3) is 11.3 Å². The lowest BCUT2D eigenvalue weighted by Crippen LogP contribution is -2.17. The lowest BCUT2D eigenvalue weighted by atomic mass is 10.1. The van der Waals surface area contributed by atoms with Crippen LogP contribution in [0.4, 0.5) is 10.1 Å². The fraction of sp³-hybridized carbons (Fsp3) is 0.125. The highest BCUT2D eigenvalue weighted by molar-refractivity contribution is 9.10. The molecule has 1 aromatic heterocycles. The average molecular weight is 525 g/mol. The van der Waals surface area contributed by atoms with Gasteiger partial charge in [-0.15, -0.1) is 10.2 Å². The van der Waals surface area contributed by atoms with Gasteiger partial charge in [-0.25, -0.2) is 4.39 Å². The van der Waals surface area contributed by atoms with Crippen LogP contribution < -0.4 is 14.8 Å². The third-order valence-electron chi connectivity index (χ3n) is 5.13. The molecule has 0 aliphatic carbocycles. The van der Waals surface area contributed by atoms with E-state index in [1.165, 1.54) is 17.8 Å². The van der Waals surface area contributed by atoms with Crippen LogP contribution in [0.1, 0.15) is 17.4 Å². The number of nitrogens with zero attached hydrogens (tertiary/aromatic N) is 3. The molecule has 0 unspecified atom stereocenters. The Labute approximate surface area is 202 Å². The van der Waals surface area contributed by atoms with E-state index in [0.717, 1.165) is 21.3 Å². The number of ether oxygens (including phenoxy) is 2. The predicted molar refractivity (Wildman–Crippen MR) is 129 cm³/mol. The van der Waals surface area contributed by atoms with Gasteiger partial charge in [0.2, 0.25) is 11.0 Å². The molecule has 2 heterocycles. The summed E-state index contributed by atoms with van der Waals surface area (Å²) in [6.07, 6.45) is -0.557. The highest BCUT2D eigenvalue weighted by Gasteiger charge is 2.27. The second kappa shape index (κ2) is 9.36. The summed E-state index contributed by atoms with van der Waals surface area (Å²) in [4.78, 5) is 4.62. The molecule has 4 aromatic rings. The van der Waals surface area contributed by atoms with Gasteiger partial charge < -0.3 is 14.8 Å². The summed E-state index contributed by atoms with van der Waals surface area (Å²) in [7, 11) is 1.62. The van der Waals surface area contributed by atoms with Crippen LogP contribution in [-0.4, -0.2) is 22.3 Å². The first-order valence-corrected chi connectivity index (χ1v) is 11.9. The smallest absolute Gasteiger partial charge is 0.247 e. The number of methoxy groups -OCH3 is 1. The zero-order valence-corrected chi connectivity index (χ0v) is 19.9. The molecule has 9 heteroatoms. The Morgan fingerprint density at radius 2 is 1.91 bits per heavy atom. The number of nitrogens with one attached hydrogen (secondary N) is 1. The number of hydrogen-bond donors (Lipinski definition) is 1. The van der Waals surface area contributed by atoms with Crippen molar-refractivity contribution in [1.82, 2.24) is 15.2 Å². The van der Waals surface area contributed by atoms with Gasteiger partial charge in [0.1, 0.15) is 11.6 Å². The number of para-hydroxylation sites is 1. The van der Waals surface area contributed by atoms with E-state index in [9.17, 15) is 4.39 Å². The Kier molecular flexibility index (Phi) is 6.15. The second-order valence-corrected chi connectivity index (χ2v) is 9.00. The number of anilines is 1. The standard InChI is InChI=1S/C24H18BrFN4O2S/c1-31-15-10-11-18(25)17(12-15)22-27-20-9-5-3-7-16(20)21-23(32-22)28-24(30-29-21)33-13-14-6-2-4-8-19(14)26/h2-12,22,27H,13H2,1H3/t22-/m1/s1. The first-order valence-electron chi connectivity index (χ1n) is 10.1. The number of fused-ring (bicyclic) bond motifs is 3. The highest BCUT2D eigenvalue weighted by atomic mass is 79.9. The maximum Gasteiger partial charge on any atom is 0.247 e. The second-order valence-electron chi connectivity index (χ2n) is 7.20. The van der Waals surface area contributed by atoms with Crippen molar-refractivity contribution in [2.45, 2.75) is 17.1 Å². The van der Waals surface area contributed by atoms with Gasteiger partial charge in [-0.3, -0.25) is 0 Å². The summed E-state index contributed by atoms with van der Waals surface area (Å²) in [6, 6.07) is 20.1. The molecule has 0 saturated heterocycles. The van der Waals surface area contributed by atoms with E-state index in [-0.39, 0.29) is 5.82 Å². The fourth-order valence-corrected chi connectivity index (χ4v) is 4.68. The Bertz CT molecular complexity index is 1320. The number of aromatic nitrogens is 3. The van der Waals surface area contributed by atoms with Gasteiger partial charge in [0.15, 0.2) is 11.9 Å². The Morgan fingerprint density at radius 1 is 1.09 bits per heavy atom. The van der Waals surface area contributed by atoms with Crippen LogP contribution in [0.5, 0.6) is 11.6 Å². The van der Waals surface area contributed by atoms with Gasteiger partial charge in [-0.1, -0.05) is 64.1 Å². The van der Waals surface area contributed by atoms with Crippen LogP contribution >= 0.6 is 27.7 Å². The zero-order valence-electron chi connectivity index (χ0n) is 17.5. The monoisotopic (exact) mass is 524 g/mol. The van der Waals surface area contributed by atoms with E-state index in [1.807, 2.05) is 42.5 Å². The SMILES string of the molecule is COc1ccc(Br)c([C@@H]2Nc3ccccc3-c3nnc(SCc4ccccc4F)nc3O2)c1. The minimum atomic E-state index is -0.557. The molecule has 0 fully saturated rings. The molecule has 5 rings (SSSR count). The van der Waals surface area contributed by atoms with Gasteiger partial charge in [-0.05, 0) is 35.9 Å². The summed E-state index contributed by atoms with van der Waals surface area (Å²) >= 11 is 4.91. The van der Waals surface area contributed by atoms with Gasteiger partial charge in [0.25, 0.3) is 0 Å². The molecule has 0 saturated carbocycles. The van der Waals surface area contributed by atoms with Crippen molar-refractivity contribution in [1.29, 1.82) is 0 Å². The van der Waals surface area contributed by atoms with Crippen molar-refractivity contribution in [3.05, 3.63) is 88.1 Å². The molecule has 1 atom stereocenters. The number of rotatable bonds is 5. The van der Waals surface area contributed by atoms with E-state index < -0.39 is 6.23 Å². The largest absolute Gasteiger partial charge is 0.497 e. The lowest BCUT2D eigenvalue weighted by molar-refractivity contribution is 0.224. The quantitative estimate of drug-likeness (QED) is 0.309. The Balaban J connectivity index is 1.52. The Hall–Kier alpha value is -3.17. The summed E-state index contributed by atoms with van der Waals surface area (Å²) < 4.78 is 26.6. The molecule has 0 radical (unpaired) electrons. The van der Waals surface area contributed by atoms with Crippen LogP contribution in [0, 0.1) is 5.82 Å². The van der Waals surface area contributed by atoms with E-state index >= 15 is 0 Å². The molecular formula is C24H18BrFN4O2S. The predicted octanol–water partition coefficient (Wildman–Crippen LogP) is 6.24. The maximum absolute atomic E-state index is 14.0. The highest BCUT2D eigenvalue weighted by Crippen LogP contribution is 2.41. The number of thioether (sulfide) groups is 1. The number of hydrogen-bond acceptors (Lipinski definition) is 7. The van der Waals surface area contributed by atoms with Crippen molar-refractivity contribution in [2.75, 3.05) is 12.4 Å². The van der Waals surface area contributed by atoms with E-state index in [4.69, 9.17) is 9.47 Å². The topological polar surface area (TPSA) is 69.2 Å². The molecule has 1 N–H and O–H groups in total. The molecular weight excluding hydrogens is 507 g/mol. The number of halogens is 2. The van der Waals surface area contributed by atoms with Gasteiger partial charge in [0.05, 0.1) is 7.11 Å². The summed E-state index contributed by atoms with van der Waals surface area (Å²) in [5, 5.41) is 12.5. The van der Waals surface area contributed by atoms with Crippen molar-refractivity contribution >= 4 is 33.4 Å². The summed E-state index contributed by atoms with van der Waals surface area (Å²) in [6.45, 7) is 0. The van der Waals surface area contributed by atoms with Crippen molar-refractivity contribution in [2.24, 2.45) is 0 Å². The molecule has 33 heavy (non-hydrogen) atoms. The molecule has 0 amide bonds. The zero-order chi connectivity index (χ0) is 22.8. The van der Waals surface area contributed by atoms with E-state index in [2.05, 4.69) is 36.4 Å². The molecule has 0 bridgehead atoms. The first-order chi connectivity index (χ1) is 16.1. The molecule has 1 aliphatic rings. The molecule has 1 aliphatic heterocycles. The Morgan fingerprint density at radius 3 is 2.76 bits per heavy atom. The molecule has 166 valence electrons. The third kappa shape index (κ3) is 4.51. The normalized spacial score (nSPS) is 14.3. The minimum Gasteiger partial charge on any atom is -0.497 e. The van der Waals surface area contributed by atoms with Crippen molar-refractivity contribution in [3.63, 3.8) is 0 Å². The van der Waals surface area contributed by atoms with Crippen LogP contribution in [0.3, 0.4) is 0 Å². The van der Waals surface area contributed by atoms with Gasteiger partial charge in [-0.2, -0.15) is 4.98 Å². The van der Waals surface area contributed by atoms with Gasteiger partial charge >= 0.3 is 0 Å². The third-order valence-corrected chi connectivity index (χ3v) is 6.74. The summed E-state index contributed by atoms with van der Waals surface area (Å²) in [5.41, 5.74) is 3.64. The van der Waals surface area contributed by atoms with E-state index in [1.54, 1.807) is 25.3 Å². The van der Waals surface area contributed by atoms with Crippen molar-refractivity contribution in [3.8, 4) is 22.9 Å². The van der Waals surface area contributed by atoms with Crippen molar-refractivity contribution < 1.29 is 13.9 Å². The molecule has 3 aromatic carbocycles. The first kappa shape index (κ1) is 21.7. The molecule has 6 nitrogen and oxygen atoms in total. The van der Waals surface area contributed by atoms with Crippen LogP contribution in [0.2, 0.25) is 0 Å². The van der Waals surface area contributed by atoms with Crippen LogP contribution in [0.15, 0.2) is 76.4 Å². The summed E-state index contributed by atoms with van der Waals surface area (Å²) in [5.74, 6) is 1.17. The average Bonchev–Trinajstić information content (AvgIpc) is 3.00. The lowest BCUT2D eigenvalue weighted by Gasteiger charge is -2.21.